The molecule has 4 heteroatoms. The van der Waals surface area contributed by atoms with Gasteiger partial charge in [-0.15, -0.1) is 0 Å². The molecular weight excluding hydrogens is 266 g/mol. The van der Waals surface area contributed by atoms with Crippen LogP contribution in [0.5, 0.6) is 11.5 Å². The Kier molecular flexibility index (Phi) is 5.88. The van der Waals surface area contributed by atoms with E-state index in [1.165, 1.54) is 19.3 Å². The van der Waals surface area contributed by atoms with Crippen LogP contribution in [0.2, 0.25) is 0 Å². The third kappa shape index (κ3) is 4.11. The van der Waals surface area contributed by atoms with Gasteiger partial charge in [-0.2, -0.15) is 0 Å². The van der Waals surface area contributed by atoms with Crippen molar-refractivity contribution in [3.05, 3.63) is 23.8 Å². The van der Waals surface area contributed by atoms with Gasteiger partial charge in [0.05, 0.1) is 20.3 Å². The lowest BCUT2D eigenvalue weighted by atomic mass is 9.94. The maximum Gasteiger partial charge on any atom is 0.161 e. The fourth-order valence-corrected chi connectivity index (χ4v) is 2.99. The van der Waals surface area contributed by atoms with Gasteiger partial charge >= 0.3 is 0 Å². The monoisotopic (exact) mass is 293 g/mol. The maximum absolute atomic E-state index is 10.4. The molecule has 0 spiro atoms. The van der Waals surface area contributed by atoms with Crippen LogP contribution in [0.25, 0.3) is 0 Å². The van der Waals surface area contributed by atoms with Gasteiger partial charge in [-0.25, -0.2) is 0 Å². The van der Waals surface area contributed by atoms with Crippen LogP contribution in [0.1, 0.15) is 37.9 Å². The Morgan fingerprint density at radius 3 is 2.43 bits per heavy atom. The summed E-state index contributed by atoms with van der Waals surface area (Å²) in [6, 6.07) is 5.62. The number of likely N-dealkylation sites (tertiary alicyclic amines) is 1. The molecule has 0 aliphatic carbocycles. The molecule has 1 aliphatic heterocycles. The molecule has 118 valence electrons. The van der Waals surface area contributed by atoms with Crippen molar-refractivity contribution in [2.45, 2.75) is 32.3 Å². The third-order valence-electron chi connectivity index (χ3n) is 4.51. The van der Waals surface area contributed by atoms with E-state index in [-0.39, 0.29) is 0 Å². The fourth-order valence-electron chi connectivity index (χ4n) is 2.99. The standard InChI is InChI=1S/C17H27NO3/c1-4-13-7-9-18(10-8-13)12-15(19)14-5-6-16(20-2)17(11-14)21-3/h5-6,11,13,15,19H,4,7-10,12H2,1-3H3. The van der Waals surface area contributed by atoms with Crippen molar-refractivity contribution in [3.63, 3.8) is 0 Å². The number of rotatable bonds is 6. The Morgan fingerprint density at radius 1 is 1.19 bits per heavy atom. The largest absolute Gasteiger partial charge is 0.493 e. The SMILES string of the molecule is CCC1CCN(CC(O)c2ccc(OC)c(OC)c2)CC1. The van der Waals surface area contributed by atoms with Crippen LogP contribution in [0, 0.1) is 5.92 Å². The summed E-state index contributed by atoms with van der Waals surface area (Å²) in [6.07, 6.45) is 3.28. The summed E-state index contributed by atoms with van der Waals surface area (Å²) in [5.41, 5.74) is 0.880. The molecule has 0 bridgehead atoms. The Hall–Kier alpha value is -1.26. The van der Waals surface area contributed by atoms with Crippen molar-refractivity contribution < 1.29 is 14.6 Å². The lowest BCUT2D eigenvalue weighted by Gasteiger charge is -2.32. The normalized spacial score (nSPS) is 18.5. The van der Waals surface area contributed by atoms with E-state index in [1.807, 2.05) is 18.2 Å². The zero-order chi connectivity index (χ0) is 15.2. The van der Waals surface area contributed by atoms with Crippen molar-refractivity contribution in [3.8, 4) is 11.5 Å². The van der Waals surface area contributed by atoms with Gasteiger partial charge < -0.3 is 19.5 Å². The molecule has 1 unspecified atom stereocenters. The number of piperidine rings is 1. The van der Waals surface area contributed by atoms with Crippen LogP contribution in [0.4, 0.5) is 0 Å². The van der Waals surface area contributed by atoms with Crippen molar-refractivity contribution in [2.24, 2.45) is 5.92 Å². The Morgan fingerprint density at radius 2 is 1.86 bits per heavy atom. The summed E-state index contributed by atoms with van der Waals surface area (Å²) in [6.45, 7) is 5.12. The van der Waals surface area contributed by atoms with Crippen molar-refractivity contribution in [1.29, 1.82) is 0 Å². The van der Waals surface area contributed by atoms with Crippen LogP contribution in [-0.4, -0.2) is 43.9 Å². The average molecular weight is 293 g/mol. The first-order valence-electron chi connectivity index (χ1n) is 7.80. The van der Waals surface area contributed by atoms with Crippen molar-refractivity contribution in [2.75, 3.05) is 33.9 Å². The molecule has 1 aromatic carbocycles. The number of β-amino-alcohol motifs (C(OH)–C–C–N with tert-alkyl or cyclic N) is 1. The molecule has 0 radical (unpaired) electrons. The average Bonchev–Trinajstić information content (AvgIpc) is 2.54. The van der Waals surface area contributed by atoms with Gasteiger partial charge in [0.2, 0.25) is 0 Å². The van der Waals surface area contributed by atoms with E-state index in [9.17, 15) is 5.11 Å². The second-order valence-corrected chi connectivity index (χ2v) is 5.78. The van der Waals surface area contributed by atoms with Crippen molar-refractivity contribution >= 4 is 0 Å². The van der Waals surface area contributed by atoms with E-state index >= 15 is 0 Å². The molecule has 1 saturated heterocycles. The smallest absolute Gasteiger partial charge is 0.161 e. The molecule has 2 rings (SSSR count). The summed E-state index contributed by atoms with van der Waals surface area (Å²) < 4.78 is 10.5. The molecule has 1 heterocycles. The van der Waals surface area contributed by atoms with Crippen LogP contribution in [-0.2, 0) is 0 Å². The molecule has 1 aromatic rings. The highest BCUT2D eigenvalue weighted by atomic mass is 16.5. The number of hydrogen-bond acceptors (Lipinski definition) is 4. The van der Waals surface area contributed by atoms with Crippen LogP contribution in [0.3, 0.4) is 0 Å². The summed E-state index contributed by atoms with van der Waals surface area (Å²) in [7, 11) is 3.23. The molecule has 4 nitrogen and oxygen atoms in total. The minimum Gasteiger partial charge on any atom is -0.493 e. The van der Waals surface area contributed by atoms with Gasteiger partial charge in [-0.3, -0.25) is 0 Å². The number of nitrogens with zero attached hydrogens (tertiary/aromatic N) is 1. The summed E-state index contributed by atoms with van der Waals surface area (Å²) >= 11 is 0. The topological polar surface area (TPSA) is 41.9 Å². The van der Waals surface area contributed by atoms with Gasteiger partial charge in [-0.05, 0) is 49.5 Å². The zero-order valence-electron chi connectivity index (χ0n) is 13.3. The van der Waals surface area contributed by atoms with E-state index < -0.39 is 6.10 Å². The van der Waals surface area contributed by atoms with E-state index in [1.54, 1.807) is 14.2 Å². The highest BCUT2D eigenvalue weighted by molar-refractivity contribution is 5.43. The second-order valence-electron chi connectivity index (χ2n) is 5.78. The maximum atomic E-state index is 10.4. The number of aliphatic hydroxyl groups is 1. The Labute approximate surface area is 127 Å². The molecule has 0 aromatic heterocycles. The molecule has 0 amide bonds. The van der Waals surface area contributed by atoms with E-state index in [0.29, 0.717) is 18.0 Å². The summed E-state index contributed by atoms with van der Waals surface area (Å²) in [5.74, 6) is 2.22. The van der Waals surface area contributed by atoms with Crippen molar-refractivity contribution in [1.82, 2.24) is 4.90 Å². The molecular formula is C17H27NO3. The third-order valence-corrected chi connectivity index (χ3v) is 4.51. The number of benzene rings is 1. The van der Waals surface area contributed by atoms with Gasteiger partial charge in [0.25, 0.3) is 0 Å². The predicted octanol–water partition coefficient (Wildman–Crippen LogP) is 2.86. The minimum atomic E-state index is -0.483. The van der Waals surface area contributed by atoms with Gasteiger partial charge in [-0.1, -0.05) is 19.4 Å². The highest BCUT2D eigenvalue weighted by Gasteiger charge is 2.21. The van der Waals surface area contributed by atoms with E-state index in [2.05, 4.69) is 11.8 Å². The number of methoxy groups -OCH3 is 2. The quantitative estimate of drug-likeness (QED) is 0.876. The van der Waals surface area contributed by atoms with E-state index in [4.69, 9.17) is 9.47 Å². The zero-order valence-corrected chi connectivity index (χ0v) is 13.3. The first kappa shape index (κ1) is 16.1. The summed E-state index contributed by atoms with van der Waals surface area (Å²) in [4.78, 5) is 2.35. The minimum absolute atomic E-state index is 0.483. The van der Waals surface area contributed by atoms with Crippen LogP contribution >= 0.6 is 0 Å². The van der Waals surface area contributed by atoms with Gasteiger partial charge in [0.15, 0.2) is 11.5 Å². The molecule has 1 N–H and O–H groups in total. The first-order chi connectivity index (χ1) is 10.2. The van der Waals surface area contributed by atoms with E-state index in [0.717, 1.165) is 24.6 Å². The molecule has 1 aliphatic rings. The second kappa shape index (κ2) is 7.66. The van der Waals surface area contributed by atoms with Crippen LogP contribution in [0.15, 0.2) is 18.2 Å². The highest BCUT2D eigenvalue weighted by Crippen LogP contribution is 2.30. The lowest BCUT2D eigenvalue weighted by molar-refractivity contribution is 0.0885. The Bertz CT molecular complexity index is 442. The number of ether oxygens (including phenoxy) is 2. The number of hydrogen-bond donors (Lipinski definition) is 1. The Balaban J connectivity index is 1.95. The first-order valence-corrected chi connectivity index (χ1v) is 7.80. The summed E-state index contributed by atoms with van der Waals surface area (Å²) in [5, 5.41) is 10.4. The number of aliphatic hydroxyl groups excluding tert-OH is 1. The van der Waals surface area contributed by atoms with Crippen LogP contribution < -0.4 is 9.47 Å². The molecule has 0 saturated carbocycles. The molecule has 21 heavy (non-hydrogen) atoms. The molecule has 1 atom stereocenters. The predicted molar refractivity (Wildman–Crippen MR) is 84.0 cm³/mol. The van der Waals surface area contributed by atoms with Gasteiger partial charge in [0, 0.05) is 6.54 Å². The lowest BCUT2D eigenvalue weighted by Crippen LogP contribution is -2.36. The molecule has 1 fully saturated rings. The van der Waals surface area contributed by atoms with Gasteiger partial charge in [0.1, 0.15) is 0 Å². The fraction of sp³-hybridized carbons (Fsp3) is 0.647.